The summed E-state index contributed by atoms with van der Waals surface area (Å²) < 4.78 is 27.9. The van der Waals surface area contributed by atoms with Crippen LogP contribution >= 0.6 is 0 Å². The molecule has 0 bridgehead atoms. The molecule has 122 valence electrons. The van der Waals surface area contributed by atoms with Gasteiger partial charge in [-0.05, 0) is 67.9 Å². The molecule has 3 rings (SSSR count). The van der Waals surface area contributed by atoms with E-state index in [2.05, 4.69) is 13.0 Å². The number of hydrogen-bond donors (Lipinski definition) is 0. The molecule has 0 radical (unpaired) electrons. The van der Waals surface area contributed by atoms with E-state index in [0.29, 0.717) is 11.1 Å². The number of allylic oxidation sites excluding steroid dienone is 2. The second kappa shape index (κ2) is 6.52. The summed E-state index contributed by atoms with van der Waals surface area (Å²) >= 11 is 0. The summed E-state index contributed by atoms with van der Waals surface area (Å²) in [4.78, 5) is 0. The molecule has 1 atom stereocenters. The number of benzene rings is 1. The summed E-state index contributed by atoms with van der Waals surface area (Å²) in [5.74, 6) is 1.11. The lowest BCUT2D eigenvalue weighted by Crippen LogP contribution is -2.22. The van der Waals surface area contributed by atoms with Gasteiger partial charge in [-0.15, -0.1) is 0 Å². The van der Waals surface area contributed by atoms with Crippen molar-refractivity contribution in [3.8, 4) is 0 Å². The summed E-state index contributed by atoms with van der Waals surface area (Å²) in [5, 5.41) is 0. The molecule has 2 aliphatic rings. The Hall–Kier alpha value is -1.18. The third-order valence-electron chi connectivity index (χ3n) is 5.80. The van der Waals surface area contributed by atoms with Gasteiger partial charge in [-0.2, -0.15) is 0 Å². The van der Waals surface area contributed by atoms with Crippen LogP contribution in [0.4, 0.5) is 8.78 Å². The summed E-state index contributed by atoms with van der Waals surface area (Å²) in [6.45, 7) is 3.96. The van der Waals surface area contributed by atoms with Gasteiger partial charge < -0.3 is 0 Å². The highest BCUT2D eigenvalue weighted by Gasteiger charge is 2.28. The SMILES string of the molecule is Cc1ccc(C2=CCC(C3CCC(C)CC3)CC2)c(F)c1F.[HH]. The van der Waals surface area contributed by atoms with Gasteiger partial charge in [-0.3, -0.25) is 0 Å². The number of rotatable bonds is 2. The maximum Gasteiger partial charge on any atom is 0.166 e. The first-order valence-electron chi connectivity index (χ1n) is 8.70. The highest BCUT2D eigenvalue weighted by Crippen LogP contribution is 2.41. The molecule has 0 aromatic heterocycles. The number of aryl methyl sites for hydroxylation is 1. The Morgan fingerprint density at radius 2 is 1.68 bits per heavy atom. The predicted molar refractivity (Wildman–Crippen MR) is 89.6 cm³/mol. The largest absolute Gasteiger partial charge is 0.203 e. The number of halogens is 2. The average molecular weight is 306 g/mol. The van der Waals surface area contributed by atoms with Crippen LogP contribution in [0.1, 0.15) is 64.4 Å². The quantitative estimate of drug-likeness (QED) is 0.582. The van der Waals surface area contributed by atoms with Crippen LogP contribution in [-0.2, 0) is 0 Å². The summed E-state index contributed by atoms with van der Waals surface area (Å²) in [6.07, 6.45) is 10.6. The zero-order chi connectivity index (χ0) is 15.7. The van der Waals surface area contributed by atoms with Crippen molar-refractivity contribution in [3.05, 3.63) is 41.0 Å². The molecule has 0 aliphatic heterocycles. The molecule has 0 amide bonds. The molecular formula is C20H28F2. The van der Waals surface area contributed by atoms with Gasteiger partial charge in [0.1, 0.15) is 0 Å². The van der Waals surface area contributed by atoms with E-state index in [9.17, 15) is 8.78 Å². The van der Waals surface area contributed by atoms with Crippen LogP contribution in [0, 0.1) is 36.3 Å². The molecule has 0 spiro atoms. The number of hydrogen-bond acceptors (Lipinski definition) is 0. The molecule has 0 saturated heterocycles. The molecule has 1 fully saturated rings. The fourth-order valence-corrected chi connectivity index (χ4v) is 4.18. The van der Waals surface area contributed by atoms with E-state index < -0.39 is 11.6 Å². The van der Waals surface area contributed by atoms with Crippen LogP contribution in [0.15, 0.2) is 18.2 Å². The Balaban J connectivity index is 0.00000192. The van der Waals surface area contributed by atoms with Crippen molar-refractivity contribution >= 4 is 5.57 Å². The summed E-state index contributed by atoms with van der Waals surface area (Å²) in [6, 6.07) is 3.42. The maximum absolute atomic E-state index is 14.1. The molecule has 2 heteroatoms. The van der Waals surface area contributed by atoms with Gasteiger partial charge in [0.05, 0.1) is 0 Å². The lowest BCUT2D eigenvalue weighted by molar-refractivity contribution is 0.202. The highest BCUT2D eigenvalue weighted by atomic mass is 19.2. The Kier molecular flexibility index (Phi) is 4.65. The van der Waals surface area contributed by atoms with E-state index in [1.807, 2.05) is 0 Å². The van der Waals surface area contributed by atoms with Crippen molar-refractivity contribution in [2.24, 2.45) is 17.8 Å². The van der Waals surface area contributed by atoms with Crippen LogP contribution in [0.2, 0.25) is 0 Å². The lowest BCUT2D eigenvalue weighted by atomic mass is 9.71. The van der Waals surface area contributed by atoms with Crippen molar-refractivity contribution < 1.29 is 10.2 Å². The first-order valence-corrected chi connectivity index (χ1v) is 8.70. The minimum Gasteiger partial charge on any atom is -0.203 e. The van der Waals surface area contributed by atoms with Crippen LogP contribution in [0.5, 0.6) is 0 Å². The minimum atomic E-state index is -0.693. The van der Waals surface area contributed by atoms with Crippen LogP contribution < -0.4 is 0 Å². The van der Waals surface area contributed by atoms with Gasteiger partial charge in [0.15, 0.2) is 11.6 Å². The molecule has 2 aliphatic carbocycles. The normalized spacial score (nSPS) is 29.3. The Morgan fingerprint density at radius 3 is 2.32 bits per heavy atom. The molecule has 0 N–H and O–H groups in total. The van der Waals surface area contributed by atoms with Crippen molar-refractivity contribution in [1.82, 2.24) is 0 Å². The third kappa shape index (κ3) is 3.11. The summed E-state index contributed by atoms with van der Waals surface area (Å²) in [5.41, 5.74) is 1.85. The molecule has 1 aromatic rings. The molecular weight excluding hydrogens is 278 g/mol. The second-order valence-electron chi connectivity index (χ2n) is 7.34. The first kappa shape index (κ1) is 15.7. The van der Waals surface area contributed by atoms with E-state index in [4.69, 9.17) is 0 Å². The van der Waals surface area contributed by atoms with Gasteiger partial charge >= 0.3 is 0 Å². The van der Waals surface area contributed by atoms with E-state index in [-0.39, 0.29) is 1.43 Å². The van der Waals surface area contributed by atoms with Gasteiger partial charge in [-0.1, -0.05) is 38.0 Å². The average Bonchev–Trinajstić information content (AvgIpc) is 2.54. The molecule has 1 unspecified atom stereocenters. The van der Waals surface area contributed by atoms with E-state index in [1.165, 1.54) is 25.7 Å². The van der Waals surface area contributed by atoms with E-state index in [1.54, 1.807) is 19.1 Å². The topological polar surface area (TPSA) is 0 Å². The molecule has 1 saturated carbocycles. The standard InChI is InChI=1S/C20H26F2.H2/c1-13-3-6-15(7-4-13)16-8-10-17(11-9-16)18-12-5-14(2)19(21)20(18)22;/h5,10,12-13,15-16H,3-4,6-9,11H2,1-2H3;1H. The minimum absolute atomic E-state index is 0. The molecule has 0 heterocycles. The Bertz CT molecular complexity index is 571. The van der Waals surface area contributed by atoms with Crippen molar-refractivity contribution in [2.75, 3.05) is 0 Å². The van der Waals surface area contributed by atoms with Crippen LogP contribution in [0.25, 0.3) is 5.57 Å². The van der Waals surface area contributed by atoms with Gasteiger partial charge in [-0.25, -0.2) is 8.78 Å². The fraction of sp³-hybridized carbons (Fsp3) is 0.600. The van der Waals surface area contributed by atoms with Crippen molar-refractivity contribution in [3.63, 3.8) is 0 Å². The predicted octanol–water partition coefficient (Wildman–Crippen LogP) is 6.53. The summed E-state index contributed by atoms with van der Waals surface area (Å²) in [7, 11) is 0. The first-order chi connectivity index (χ1) is 10.6. The van der Waals surface area contributed by atoms with Gasteiger partial charge in [0, 0.05) is 6.99 Å². The maximum atomic E-state index is 14.1. The molecule has 1 aromatic carbocycles. The zero-order valence-corrected chi connectivity index (χ0v) is 13.7. The second-order valence-corrected chi connectivity index (χ2v) is 7.34. The zero-order valence-electron chi connectivity index (χ0n) is 13.7. The fourth-order valence-electron chi connectivity index (χ4n) is 4.18. The Labute approximate surface area is 134 Å². The highest BCUT2D eigenvalue weighted by molar-refractivity contribution is 5.67. The smallest absolute Gasteiger partial charge is 0.166 e. The monoisotopic (exact) mass is 306 g/mol. The van der Waals surface area contributed by atoms with Crippen LogP contribution in [0.3, 0.4) is 0 Å². The van der Waals surface area contributed by atoms with Gasteiger partial charge in [0.2, 0.25) is 0 Å². The Morgan fingerprint density at radius 1 is 0.955 bits per heavy atom. The van der Waals surface area contributed by atoms with Gasteiger partial charge in [0.25, 0.3) is 0 Å². The van der Waals surface area contributed by atoms with E-state index >= 15 is 0 Å². The molecule has 22 heavy (non-hydrogen) atoms. The van der Waals surface area contributed by atoms with E-state index in [0.717, 1.165) is 42.6 Å². The van der Waals surface area contributed by atoms with Crippen molar-refractivity contribution in [2.45, 2.75) is 58.8 Å². The lowest BCUT2D eigenvalue weighted by Gasteiger charge is -2.34. The molecule has 0 nitrogen and oxygen atoms in total. The van der Waals surface area contributed by atoms with Crippen LogP contribution in [-0.4, -0.2) is 0 Å². The van der Waals surface area contributed by atoms with Crippen molar-refractivity contribution in [1.29, 1.82) is 0 Å². The third-order valence-corrected chi connectivity index (χ3v) is 5.80.